The summed E-state index contributed by atoms with van der Waals surface area (Å²) in [6.07, 6.45) is -0.122. The number of likely N-dealkylation sites (tertiary alicyclic amines) is 1. The molecule has 0 saturated carbocycles. The molecule has 8 heteroatoms. The fraction of sp³-hybridized carbons (Fsp3) is 0.312. The van der Waals surface area contributed by atoms with Crippen molar-refractivity contribution in [3.63, 3.8) is 0 Å². The number of benzene rings is 1. The summed E-state index contributed by atoms with van der Waals surface area (Å²) in [5.41, 5.74) is 6.03. The highest BCUT2D eigenvalue weighted by Crippen LogP contribution is 2.25. The summed E-state index contributed by atoms with van der Waals surface area (Å²) in [6, 6.07) is 5.03. The highest BCUT2D eigenvalue weighted by molar-refractivity contribution is 5.98. The Bertz CT molecular complexity index is 805. The van der Waals surface area contributed by atoms with E-state index in [4.69, 9.17) is 5.73 Å². The van der Waals surface area contributed by atoms with Gasteiger partial charge in [-0.25, -0.2) is 13.5 Å². The van der Waals surface area contributed by atoms with Crippen LogP contribution < -0.4 is 5.73 Å². The number of amides is 2. The number of hydrogen-bond acceptors (Lipinski definition) is 3. The molecule has 2 atom stereocenters. The van der Waals surface area contributed by atoms with E-state index in [-0.39, 0.29) is 24.2 Å². The molecule has 2 N–H and O–H groups in total. The normalized spacial score (nSPS) is 20.4. The Labute approximate surface area is 136 Å². The zero-order valence-electron chi connectivity index (χ0n) is 12.9. The fourth-order valence-corrected chi connectivity index (χ4v) is 2.92. The Balaban J connectivity index is 1.95. The molecule has 1 aromatic carbocycles. The Hall–Kier alpha value is -2.77. The van der Waals surface area contributed by atoms with Crippen molar-refractivity contribution in [1.29, 1.82) is 0 Å². The van der Waals surface area contributed by atoms with Gasteiger partial charge in [0.05, 0.1) is 24.0 Å². The molecule has 1 aliphatic rings. The minimum absolute atomic E-state index is 0.110. The van der Waals surface area contributed by atoms with Crippen molar-refractivity contribution in [2.24, 2.45) is 5.73 Å². The Morgan fingerprint density at radius 2 is 2.04 bits per heavy atom. The summed E-state index contributed by atoms with van der Waals surface area (Å²) in [5, 5.41) is 4.05. The molecule has 1 saturated heterocycles. The third kappa shape index (κ3) is 2.64. The van der Waals surface area contributed by atoms with Crippen LogP contribution in [0.3, 0.4) is 0 Å². The minimum Gasteiger partial charge on any atom is -0.368 e. The maximum atomic E-state index is 13.9. The van der Waals surface area contributed by atoms with Crippen molar-refractivity contribution >= 4 is 11.8 Å². The number of carbonyl (C=O) groups is 2. The highest BCUT2D eigenvalue weighted by Gasteiger charge is 2.39. The number of primary amides is 1. The zero-order valence-corrected chi connectivity index (χ0v) is 12.9. The number of halogens is 2. The maximum absolute atomic E-state index is 13.9. The van der Waals surface area contributed by atoms with Crippen LogP contribution >= 0.6 is 0 Å². The van der Waals surface area contributed by atoms with Crippen LogP contribution in [0.2, 0.25) is 0 Å². The SMILES string of the molecule is Cc1c(C(=O)N2C[C@H](F)C[C@H]2C(N)=O)cnn1-c1ccccc1F. The van der Waals surface area contributed by atoms with Crippen molar-refractivity contribution in [3.05, 3.63) is 47.5 Å². The number of carbonyl (C=O) groups excluding carboxylic acids is 2. The number of para-hydroxylation sites is 1. The first kappa shape index (κ1) is 16.1. The third-order valence-electron chi connectivity index (χ3n) is 4.16. The van der Waals surface area contributed by atoms with Crippen LogP contribution in [-0.4, -0.2) is 45.3 Å². The molecule has 1 aromatic heterocycles. The van der Waals surface area contributed by atoms with Crippen LogP contribution in [0.25, 0.3) is 5.69 Å². The number of nitrogens with two attached hydrogens (primary N) is 1. The molecule has 3 rings (SSSR count). The molecule has 2 heterocycles. The lowest BCUT2D eigenvalue weighted by molar-refractivity contribution is -0.121. The van der Waals surface area contributed by atoms with Gasteiger partial charge in [-0.3, -0.25) is 9.59 Å². The van der Waals surface area contributed by atoms with Gasteiger partial charge in [0, 0.05) is 6.42 Å². The standard InChI is InChI=1S/C16H16F2N4O2/c1-9-11(7-20-22(9)13-5-3-2-4-12(13)18)16(24)21-8-10(17)6-14(21)15(19)23/h2-5,7,10,14H,6,8H2,1H3,(H2,19,23)/t10-,14+/m1/s1. The first-order valence-corrected chi connectivity index (χ1v) is 7.44. The summed E-state index contributed by atoms with van der Waals surface area (Å²) in [4.78, 5) is 25.2. The van der Waals surface area contributed by atoms with E-state index in [1.165, 1.54) is 23.0 Å². The van der Waals surface area contributed by atoms with Gasteiger partial charge < -0.3 is 10.6 Å². The molecule has 0 bridgehead atoms. The van der Waals surface area contributed by atoms with Crippen molar-refractivity contribution in [3.8, 4) is 5.69 Å². The number of aromatic nitrogens is 2. The van der Waals surface area contributed by atoms with E-state index >= 15 is 0 Å². The molecular weight excluding hydrogens is 318 g/mol. The van der Waals surface area contributed by atoms with Crippen molar-refractivity contribution in [1.82, 2.24) is 14.7 Å². The minimum atomic E-state index is -1.30. The van der Waals surface area contributed by atoms with E-state index in [0.717, 1.165) is 4.90 Å². The van der Waals surface area contributed by atoms with Crippen LogP contribution in [-0.2, 0) is 4.79 Å². The highest BCUT2D eigenvalue weighted by atomic mass is 19.1. The Kier molecular flexibility index (Phi) is 4.04. The monoisotopic (exact) mass is 334 g/mol. The summed E-state index contributed by atoms with van der Waals surface area (Å²) in [7, 11) is 0. The molecule has 0 aliphatic carbocycles. The number of alkyl halides is 1. The van der Waals surface area contributed by atoms with E-state index in [1.807, 2.05) is 0 Å². The van der Waals surface area contributed by atoms with Gasteiger partial charge >= 0.3 is 0 Å². The molecule has 0 radical (unpaired) electrons. The van der Waals surface area contributed by atoms with Crippen LogP contribution in [0.15, 0.2) is 30.5 Å². The predicted molar refractivity (Wildman–Crippen MR) is 81.8 cm³/mol. The quantitative estimate of drug-likeness (QED) is 0.920. The van der Waals surface area contributed by atoms with Gasteiger partial charge in [-0.05, 0) is 19.1 Å². The van der Waals surface area contributed by atoms with Gasteiger partial charge in [-0.15, -0.1) is 0 Å². The molecule has 2 aromatic rings. The van der Waals surface area contributed by atoms with Gasteiger partial charge in [0.2, 0.25) is 5.91 Å². The van der Waals surface area contributed by atoms with Crippen LogP contribution in [0.5, 0.6) is 0 Å². The Morgan fingerprint density at radius 1 is 1.33 bits per heavy atom. The first-order valence-electron chi connectivity index (χ1n) is 7.44. The van der Waals surface area contributed by atoms with Gasteiger partial charge in [-0.1, -0.05) is 12.1 Å². The predicted octanol–water partition coefficient (Wildman–Crippen LogP) is 1.36. The molecule has 1 fully saturated rings. The molecule has 24 heavy (non-hydrogen) atoms. The van der Waals surface area contributed by atoms with E-state index in [0.29, 0.717) is 5.69 Å². The van der Waals surface area contributed by atoms with Crippen LogP contribution in [0.4, 0.5) is 8.78 Å². The van der Waals surface area contributed by atoms with Gasteiger partial charge in [-0.2, -0.15) is 5.10 Å². The second-order valence-electron chi connectivity index (χ2n) is 5.72. The Morgan fingerprint density at radius 3 is 2.71 bits per heavy atom. The molecular formula is C16H16F2N4O2. The maximum Gasteiger partial charge on any atom is 0.258 e. The fourth-order valence-electron chi connectivity index (χ4n) is 2.92. The molecule has 0 spiro atoms. The first-order chi connectivity index (χ1) is 11.4. The van der Waals surface area contributed by atoms with E-state index in [1.54, 1.807) is 19.1 Å². The second-order valence-corrected chi connectivity index (χ2v) is 5.72. The van der Waals surface area contributed by atoms with E-state index < -0.39 is 29.8 Å². The molecule has 1 aliphatic heterocycles. The lowest BCUT2D eigenvalue weighted by Crippen LogP contribution is -2.43. The zero-order chi connectivity index (χ0) is 17.4. The van der Waals surface area contributed by atoms with Gasteiger partial charge in [0.1, 0.15) is 23.7 Å². The summed E-state index contributed by atoms with van der Waals surface area (Å²) in [5.74, 6) is -1.77. The third-order valence-corrected chi connectivity index (χ3v) is 4.16. The average molecular weight is 334 g/mol. The lowest BCUT2D eigenvalue weighted by Gasteiger charge is -2.21. The van der Waals surface area contributed by atoms with E-state index in [9.17, 15) is 18.4 Å². The summed E-state index contributed by atoms with van der Waals surface area (Å²) in [6.45, 7) is 1.41. The van der Waals surface area contributed by atoms with Crippen molar-refractivity contribution in [2.45, 2.75) is 25.6 Å². The molecule has 6 nitrogen and oxygen atoms in total. The van der Waals surface area contributed by atoms with Gasteiger partial charge in [0.15, 0.2) is 0 Å². The van der Waals surface area contributed by atoms with Crippen LogP contribution in [0, 0.1) is 12.7 Å². The lowest BCUT2D eigenvalue weighted by atomic mass is 10.1. The molecule has 0 unspecified atom stereocenters. The number of hydrogen-bond donors (Lipinski definition) is 1. The smallest absolute Gasteiger partial charge is 0.258 e. The summed E-state index contributed by atoms with van der Waals surface area (Å²) < 4.78 is 28.8. The number of nitrogens with zero attached hydrogens (tertiary/aromatic N) is 3. The van der Waals surface area contributed by atoms with Crippen molar-refractivity contribution in [2.75, 3.05) is 6.54 Å². The van der Waals surface area contributed by atoms with Crippen LogP contribution in [0.1, 0.15) is 22.5 Å². The average Bonchev–Trinajstić information content (AvgIpc) is 3.11. The topological polar surface area (TPSA) is 81.2 Å². The second kappa shape index (κ2) is 6.03. The molecule has 126 valence electrons. The number of rotatable bonds is 3. The molecule has 2 amide bonds. The van der Waals surface area contributed by atoms with Gasteiger partial charge in [0.25, 0.3) is 5.91 Å². The summed E-state index contributed by atoms with van der Waals surface area (Å²) >= 11 is 0. The van der Waals surface area contributed by atoms with E-state index in [2.05, 4.69) is 5.10 Å². The largest absolute Gasteiger partial charge is 0.368 e. The van der Waals surface area contributed by atoms with Crippen molar-refractivity contribution < 1.29 is 18.4 Å².